The standard InChI is InChI=1S/C20H25N7OS/c1-13-5-10-27(25-13)11-7-18(28)23-16-6-9-26(12-16)20-21-8-4-17(24-20)19-14(2)22-15(3)29-19/h4-5,8,10,16H,6-7,9,11-12H2,1-3H3,(H,23,28). The molecular weight excluding hydrogens is 386 g/mol. The highest BCUT2D eigenvalue weighted by molar-refractivity contribution is 7.15. The summed E-state index contributed by atoms with van der Waals surface area (Å²) in [5.74, 6) is 0.757. The topological polar surface area (TPSA) is 88.8 Å². The van der Waals surface area contributed by atoms with Crippen LogP contribution >= 0.6 is 11.3 Å². The van der Waals surface area contributed by atoms with E-state index in [0.29, 0.717) is 18.9 Å². The van der Waals surface area contributed by atoms with E-state index in [2.05, 4.69) is 25.3 Å². The van der Waals surface area contributed by atoms with Crippen LogP contribution in [0.3, 0.4) is 0 Å². The molecule has 0 bridgehead atoms. The van der Waals surface area contributed by atoms with Gasteiger partial charge in [0.2, 0.25) is 11.9 Å². The summed E-state index contributed by atoms with van der Waals surface area (Å²) >= 11 is 1.65. The van der Waals surface area contributed by atoms with Crippen molar-refractivity contribution in [1.29, 1.82) is 0 Å². The van der Waals surface area contributed by atoms with Gasteiger partial charge in [-0.05, 0) is 39.3 Å². The lowest BCUT2D eigenvalue weighted by Crippen LogP contribution is -2.37. The fraction of sp³-hybridized carbons (Fsp3) is 0.450. The van der Waals surface area contributed by atoms with E-state index in [9.17, 15) is 4.79 Å². The molecule has 0 saturated carbocycles. The zero-order chi connectivity index (χ0) is 20.4. The molecule has 1 N–H and O–H groups in total. The third-order valence-corrected chi connectivity index (χ3v) is 6.05. The molecule has 0 aromatic carbocycles. The summed E-state index contributed by atoms with van der Waals surface area (Å²) < 4.78 is 1.80. The molecule has 1 atom stereocenters. The summed E-state index contributed by atoms with van der Waals surface area (Å²) in [4.78, 5) is 29.2. The zero-order valence-electron chi connectivity index (χ0n) is 16.9. The number of hydrogen-bond acceptors (Lipinski definition) is 7. The number of thiazole rings is 1. The van der Waals surface area contributed by atoms with Crippen molar-refractivity contribution in [3.8, 4) is 10.6 Å². The first-order chi connectivity index (χ1) is 14.0. The molecule has 0 spiro atoms. The maximum absolute atomic E-state index is 12.3. The van der Waals surface area contributed by atoms with Gasteiger partial charge in [0.25, 0.3) is 0 Å². The van der Waals surface area contributed by atoms with Crippen molar-refractivity contribution in [3.05, 3.63) is 40.9 Å². The van der Waals surface area contributed by atoms with Crippen LogP contribution in [0, 0.1) is 20.8 Å². The number of anilines is 1. The van der Waals surface area contributed by atoms with Crippen LogP contribution in [0.1, 0.15) is 29.2 Å². The van der Waals surface area contributed by atoms with Crippen LogP contribution in [-0.4, -0.2) is 49.8 Å². The van der Waals surface area contributed by atoms with Crippen molar-refractivity contribution in [2.24, 2.45) is 0 Å². The number of carbonyl (C=O) groups excluding carboxylic acids is 1. The number of amides is 1. The van der Waals surface area contributed by atoms with Gasteiger partial charge in [-0.2, -0.15) is 5.10 Å². The molecule has 4 heterocycles. The molecule has 0 radical (unpaired) electrons. The predicted molar refractivity (Wildman–Crippen MR) is 113 cm³/mol. The number of aryl methyl sites for hydroxylation is 4. The van der Waals surface area contributed by atoms with Gasteiger partial charge < -0.3 is 10.2 Å². The van der Waals surface area contributed by atoms with Crippen molar-refractivity contribution in [2.75, 3.05) is 18.0 Å². The van der Waals surface area contributed by atoms with Crippen LogP contribution in [0.5, 0.6) is 0 Å². The maximum atomic E-state index is 12.3. The average molecular weight is 412 g/mol. The smallest absolute Gasteiger partial charge is 0.225 e. The summed E-state index contributed by atoms with van der Waals surface area (Å²) in [6.07, 6.45) is 5.01. The van der Waals surface area contributed by atoms with Crippen LogP contribution < -0.4 is 10.2 Å². The Morgan fingerprint density at radius 3 is 2.86 bits per heavy atom. The van der Waals surface area contributed by atoms with Gasteiger partial charge in [0.05, 0.1) is 27.0 Å². The minimum absolute atomic E-state index is 0.0513. The number of aromatic nitrogens is 5. The van der Waals surface area contributed by atoms with E-state index in [-0.39, 0.29) is 11.9 Å². The van der Waals surface area contributed by atoms with E-state index in [1.807, 2.05) is 39.1 Å². The second kappa shape index (κ2) is 8.28. The Bertz CT molecular complexity index is 1010. The van der Waals surface area contributed by atoms with Crippen molar-refractivity contribution in [2.45, 2.75) is 46.2 Å². The van der Waals surface area contributed by atoms with E-state index < -0.39 is 0 Å². The molecule has 29 heavy (non-hydrogen) atoms. The molecule has 3 aromatic rings. The van der Waals surface area contributed by atoms with Gasteiger partial charge in [-0.1, -0.05) is 0 Å². The molecule has 1 amide bonds. The van der Waals surface area contributed by atoms with E-state index in [0.717, 1.165) is 46.5 Å². The van der Waals surface area contributed by atoms with Gasteiger partial charge in [-0.25, -0.2) is 15.0 Å². The lowest BCUT2D eigenvalue weighted by Gasteiger charge is -2.17. The first-order valence-corrected chi connectivity index (χ1v) is 10.6. The Hall–Kier alpha value is -2.81. The maximum Gasteiger partial charge on any atom is 0.225 e. The predicted octanol–water partition coefficient (Wildman–Crippen LogP) is 2.51. The van der Waals surface area contributed by atoms with E-state index in [4.69, 9.17) is 4.98 Å². The van der Waals surface area contributed by atoms with E-state index >= 15 is 0 Å². The Morgan fingerprint density at radius 2 is 2.14 bits per heavy atom. The molecule has 0 aliphatic carbocycles. The highest BCUT2D eigenvalue weighted by Gasteiger charge is 2.26. The Kier molecular flexibility index (Phi) is 5.57. The molecule has 1 aliphatic heterocycles. The molecule has 8 nitrogen and oxygen atoms in total. The second-order valence-electron chi connectivity index (χ2n) is 7.36. The first-order valence-electron chi connectivity index (χ1n) is 9.80. The highest BCUT2D eigenvalue weighted by Crippen LogP contribution is 2.29. The normalized spacial score (nSPS) is 16.4. The minimum atomic E-state index is 0.0513. The second-order valence-corrected chi connectivity index (χ2v) is 8.56. The molecule has 1 unspecified atom stereocenters. The highest BCUT2D eigenvalue weighted by atomic mass is 32.1. The zero-order valence-corrected chi connectivity index (χ0v) is 17.7. The number of carbonyl (C=O) groups is 1. The molecule has 1 fully saturated rings. The van der Waals surface area contributed by atoms with Crippen LogP contribution in [0.25, 0.3) is 10.6 Å². The quantitative estimate of drug-likeness (QED) is 0.670. The van der Waals surface area contributed by atoms with Crippen LogP contribution in [0.2, 0.25) is 0 Å². The van der Waals surface area contributed by atoms with Crippen molar-refractivity contribution >= 4 is 23.2 Å². The van der Waals surface area contributed by atoms with Gasteiger partial charge in [0.15, 0.2) is 0 Å². The molecular formula is C20H25N7OS. The lowest BCUT2D eigenvalue weighted by molar-refractivity contribution is -0.121. The fourth-order valence-electron chi connectivity index (χ4n) is 3.56. The summed E-state index contributed by atoms with van der Waals surface area (Å²) in [5, 5.41) is 8.48. The van der Waals surface area contributed by atoms with Crippen molar-refractivity contribution in [1.82, 2.24) is 30.0 Å². The van der Waals surface area contributed by atoms with Crippen LogP contribution in [0.15, 0.2) is 24.5 Å². The fourth-order valence-corrected chi connectivity index (χ4v) is 4.45. The molecule has 1 aliphatic rings. The van der Waals surface area contributed by atoms with Gasteiger partial charge in [-0.15, -0.1) is 11.3 Å². The van der Waals surface area contributed by atoms with Gasteiger partial charge in [0.1, 0.15) is 0 Å². The lowest BCUT2D eigenvalue weighted by atomic mass is 10.2. The Labute approximate surface area is 174 Å². The third kappa shape index (κ3) is 4.61. The number of rotatable bonds is 6. The molecule has 152 valence electrons. The van der Waals surface area contributed by atoms with Gasteiger partial charge >= 0.3 is 0 Å². The van der Waals surface area contributed by atoms with Crippen molar-refractivity contribution < 1.29 is 4.79 Å². The molecule has 1 saturated heterocycles. The summed E-state index contributed by atoms with van der Waals surface area (Å²) in [5.41, 5.74) is 2.86. The third-order valence-electron chi connectivity index (χ3n) is 4.96. The molecule has 3 aromatic heterocycles. The summed E-state index contributed by atoms with van der Waals surface area (Å²) in [7, 11) is 0. The monoisotopic (exact) mass is 411 g/mol. The van der Waals surface area contributed by atoms with E-state index in [1.165, 1.54) is 0 Å². The van der Waals surface area contributed by atoms with E-state index in [1.54, 1.807) is 22.2 Å². The summed E-state index contributed by atoms with van der Waals surface area (Å²) in [6, 6.07) is 3.98. The molecule has 9 heteroatoms. The molecule has 4 rings (SSSR count). The van der Waals surface area contributed by atoms with Gasteiger partial charge in [0, 0.05) is 44.5 Å². The Morgan fingerprint density at radius 1 is 1.28 bits per heavy atom. The SMILES string of the molecule is Cc1ccn(CCC(=O)NC2CCN(c3nccc(-c4sc(C)nc4C)n3)C2)n1. The van der Waals surface area contributed by atoms with Crippen LogP contribution in [-0.2, 0) is 11.3 Å². The van der Waals surface area contributed by atoms with Crippen molar-refractivity contribution in [3.63, 3.8) is 0 Å². The summed E-state index contributed by atoms with van der Waals surface area (Å²) in [6.45, 7) is 8.09. The Balaban J connectivity index is 1.34. The number of nitrogens with one attached hydrogen (secondary N) is 1. The minimum Gasteiger partial charge on any atom is -0.351 e. The number of nitrogens with zero attached hydrogens (tertiary/aromatic N) is 6. The number of hydrogen-bond donors (Lipinski definition) is 1. The largest absolute Gasteiger partial charge is 0.351 e. The average Bonchev–Trinajstić information content (AvgIpc) is 3.41. The van der Waals surface area contributed by atoms with Crippen LogP contribution in [0.4, 0.5) is 5.95 Å². The van der Waals surface area contributed by atoms with Gasteiger partial charge in [-0.3, -0.25) is 9.48 Å². The first kappa shape index (κ1) is 19.5.